The molecule has 0 atom stereocenters. The molecule has 0 radical (unpaired) electrons. The van der Waals surface area contributed by atoms with Crippen LogP contribution in [0.5, 0.6) is 11.5 Å². The summed E-state index contributed by atoms with van der Waals surface area (Å²) in [6.07, 6.45) is 0.977. The van der Waals surface area contributed by atoms with Gasteiger partial charge in [0.1, 0.15) is 0 Å². The monoisotopic (exact) mass is 305 g/mol. The van der Waals surface area contributed by atoms with E-state index in [0.29, 0.717) is 0 Å². The van der Waals surface area contributed by atoms with Crippen LogP contribution in [-0.4, -0.2) is 20.8 Å². The highest BCUT2D eigenvalue weighted by atomic mass is 35.5. The molecule has 112 valence electrons. The summed E-state index contributed by atoms with van der Waals surface area (Å²) in [5.41, 5.74) is 2.45. The van der Waals surface area contributed by atoms with Crippen molar-refractivity contribution in [3.63, 3.8) is 0 Å². The predicted molar refractivity (Wildman–Crippen MR) is 86.4 cm³/mol. The molecule has 0 aromatic heterocycles. The Labute approximate surface area is 130 Å². The maximum Gasteiger partial charge on any atom is 0.161 e. The normalized spacial score (nSPS) is 10.4. The van der Waals surface area contributed by atoms with Crippen LogP contribution in [0.1, 0.15) is 11.1 Å². The van der Waals surface area contributed by atoms with Gasteiger partial charge >= 0.3 is 0 Å². The second-order valence-corrected chi connectivity index (χ2v) is 5.18. The third-order valence-corrected chi connectivity index (χ3v) is 3.53. The Kier molecular flexibility index (Phi) is 5.90. The van der Waals surface area contributed by atoms with E-state index in [9.17, 15) is 0 Å². The number of hydrogen-bond donors (Lipinski definition) is 1. The molecule has 0 saturated carbocycles. The molecule has 0 amide bonds. The quantitative estimate of drug-likeness (QED) is 0.791. The van der Waals surface area contributed by atoms with Gasteiger partial charge in [0, 0.05) is 11.6 Å². The van der Waals surface area contributed by atoms with E-state index in [1.807, 2.05) is 30.3 Å². The highest BCUT2D eigenvalue weighted by molar-refractivity contribution is 6.30. The van der Waals surface area contributed by atoms with Crippen molar-refractivity contribution in [3.8, 4) is 11.5 Å². The van der Waals surface area contributed by atoms with Crippen molar-refractivity contribution in [2.45, 2.75) is 13.0 Å². The molecule has 4 heteroatoms. The fraction of sp³-hybridized carbons (Fsp3) is 0.294. The second kappa shape index (κ2) is 7.91. The number of ether oxygens (including phenoxy) is 2. The van der Waals surface area contributed by atoms with Crippen molar-refractivity contribution in [1.29, 1.82) is 0 Å². The van der Waals surface area contributed by atoms with Crippen LogP contribution >= 0.6 is 11.6 Å². The summed E-state index contributed by atoms with van der Waals surface area (Å²) in [7, 11) is 3.29. The largest absolute Gasteiger partial charge is 0.493 e. The van der Waals surface area contributed by atoms with Crippen LogP contribution < -0.4 is 14.8 Å². The van der Waals surface area contributed by atoms with Crippen molar-refractivity contribution in [2.75, 3.05) is 20.8 Å². The van der Waals surface area contributed by atoms with E-state index in [1.165, 1.54) is 11.1 Å². The molecule has 3 nitrogen and oxygen atoms in total. The maximum atomic E-state index is 5.87. The molecule has 0 bridgehead atoms. The average Bonchev–Trinajstić information content (AvgIpc) is 2.53. The molecule has 1 N–H and O–H groups in total. The summed E-state index contributed by atoms with van der Waals surface area (Å²) < 4.78 is 10.5. The third-order valence-electron chi connectivity index (χ3n) is 3.28. The van der Waals surface area contributed by atoms with Gasteiger partial charge in [-0.25, -0.2) is 0 Å². The van der Waals surface area contributed by atoms with Crippen molar-refractivity contribution < 1.29 is 9.47 Å². The van der Waals surface area contributed by atoms with Crippen molar-refractivity contribution in [1.82, 2.24) is 5.32 Å². The Bertz CT molecular complexity index is 570. The summed E-state index contributed by atoms with van der Waals surface area (Å²) in [5, 5.41) is 4.20. The highest BCUT2D eigenvalue weighted by Gasteiger charge is 2.04. The SMILES string of the molecule is COc1ccc(CNCCc2ccc(Cl)cc2)cc1OC. The molecule has 0 heterocycles. The van der Waals surface area contributed by atoms with Crippen molar-refractivity contribution in [2.24, 2.45) is 0 Å². The topological polar surface area (TPSA) is 30.5 Å². The molecule has 21 heavy (non-hydrogen) atoms. The van der Waals surface area contributed by atoms with Gasteiger partial charge in [-0.2, -0.15) is 0 Å². The number of methoxy groups -OCH3 is 2. The molecule has 0 aliphatic rings. The zero-order valence-electron chi connectivity index (χ0n) is 12.4. The third kappa shape index (κ3) is 4.66. The smallest absolute Gasteiger partial charge is 0.161 e. The molecule has 2 aromatic rings. The summed E-state index contributed by atoms with van der Waals surface area (Å²) in [6, 6.07) is 13.9. The summed E-state index contributed by atoms with van der Waals surface area (Å²) in [6.45, 7) is 1.71. The Balaban J connectivity index is 1.82. The van der Waals surface area contributed by atoms with Gasteiger partial charge in [-0.05, 0) is 48.4 Å². The van der Waals surface area contributed by atoms with Crippen LogP contribution in [0.2, 0.25) is 5.02 Å². The van der Waals surface area contributed by atoms with Gasteiger partial charge in [0.15, 0.2) is 11.5 Å². The van der Waals surface area contributed by atoms with E-state index in [1.54, 1.807) is 14.2 Å². The lowest BCUT2D eigenvalue weighted by atomic mass is 10.1. The molecule has 0 spiro atoms. The Hall–Kier alpha value is -1.71. The molecular weight excluding hydrogens is 286 g/mol. The lowest BCUT2D eigenvalue weighted by Crippen LogP contribution is -2.16. The van der Waals surface area contributed by atoms with Crippen molar-refractivity contribution >= 4 is 11.6 Å². The first-order chi connectivity index (χ1) is 10.2. The summed E-state index contributed by atoms with van der Waals surface area (Å²) >= 11 is 5.87. The van der Waals surface area contributed by atoms with Gasteiger partial charge in [0.05, 0.1) is 14.2 Å². The molecule has 0 aliphatic heterocycles. The summed E-state index contributed by atoms with van der Waals surface area (Å²) in [5.74, 6) is 1.51. The van der Waals surface area contributed by atoms with Crippen LogP contribution in [0.4, 0.5) is 0 Å². The van der Waals surface area contributed by atoms with E-state index >= 15 is 0 Å². The van der Waals surface area contributed by atoms with Gasteiger partial charge < -0.3 is 14.8 Å². The molecular formula is C17H20ClNO2. The first kappa shape index (κ1) is 15.7. The predicted octanol–water partition coefficient (Wildman–Crippen LogP) is 3.69. The van der Waals surface area contributed by atoms with Crippen LogP contribution in [0.3, 0.4) is 0 Å². The summed E-state index contributed by atoms with van der Waals surface area (Å²) in [4.78, 5) is 0. The highest BCUT2D eigenvalue weighted by Crippen LogP contribution is 2.27. The minimum atomic E-state index is 0.752. The number of benzene rings is 2. The molecule has 0 unspecified atom stereocenters. The van der Waals surface area contributed by atoms with Gasteiger partial charge in [-0.15, -0.1) is 0 Å². The number of hydrogen-bond acceptors (Lipinski definition) is 3. The molecule has 0 saturated heterocycles. The zero-order valence-corrected chi connectivity index (χ0v) is 13.1. The molecule has 0 aliphatic carbocycles. The van der Waals surface area contributed by atoms with Crippen molar-refractivity contribution in [3.05, 3.63) is 58.6 Å². The number of nitrogens with one attached hydrogen (secondary N) is 1. The van der Waals surface area contributed by atoms with Crippen LogP contribution in [0.25, 0.3) is 0 Å². The molecule has 2 aromatic carbocycles. The number of halogens is 1. The fourth-order valence-corrected chi connectivity index (χ4v) is 2.23. The molecule has 0 fully saturated rings. The second-order valence-electron chi connectivity index (χ2n) is 4.74. The van der Waals surface area contributed by atoms with E-state index in [4.69, 9.17) is 21.1 Å². The van der Waals surface area contributed by atoms with E-state index in [-0.39, 0.29) is 0 Å². The minimum Gasteiger partial charge on any atom is -0.493 e. The Morgan fingerprint density at radius 3 is 2.24 bits per heavy atom. The van der Waals surface area contributed by atoms with E-state index in [0.717, 1.165) is 36.0 Å². The fourth-order valence-electron chi connectivity index (χ4n) is 2.11. The minimum absolute atomic E-state index is 0.752. The van der Waals surface area contributed by atoms with Crippen LogP contribution in [0, 0.1) is 0 Å². The maximum absolute atomic E-state index is 5.87. The lowest BCUT2D eigenvalue weighted by Gasteiger charge is -2.10. The van der Waals surface area contributed by atoms with Gasteiger partial charge in [-0.1, -0.05) is 29.8 Å². The van der Waals surface area contributed by atoms with E-state index < -0.39 is 0 Å². The van der Waals surface area contributed by atoms with Crippen LogP contribution in [-0.2, 0) is 13.0 Å². The Morgan fingerprint density at radius 1 is 0.905 bits per heavy atom. The van der Waals surface area contributed by atoms with Gasteiger partial charge in [0.2, 0.25) is 0 Å². The standard InChI is InChI=1S/C17H20ClNO2/c1-20-16-8-5-14(11-17(16)21-2)12-19-10-9-13-3-6-15(18)7-4-13/h3-8,11,19H,9-10,12H2,1-2H3. The number of rotatable bonds is 7. The van der Waals surface area contributed by atoms with E-state index in [2.05, 4.69) is 17.4 Å². The average molecular weight is 306 g/mol. The zero-order chi connectivity index (χ0) is 15.1. The van der Waals surface area contributed by atoms with Gasteiger partial charge in [-0.3, -0.25) is 0 Å². The first-order valence-electron chi connectivity index (χ1n) is 6.89. The first-order valence-corrected chi connectivity index (χ1v) is 7.27. The van der Waals surface area contributed by atoms with Gasteiger partial charge in [0.25, 0.3) is 0 Å². The van der Waals surface area contributed by atoms with Crippen LogP contribution in [0.15, 0.2) is 42.5 Å². The lowest BCUT2D eigenvalue weighted by molar-refractivity contribution is 0.354. The Morgan fingerprint density at radius 2 is 1.57 bits per heavy atom. The molecule has 2 rings (SSSR count).